The fourth-order valence-corrected chi connectivity index (χ4v) is 4.38. The van der Waals surface area contributed by atoms with Gasteiger partial charge in [0.05, 0.1) is 12.2 Å². The summed E-state index contributed by atoms with van der Waals surface area (Å²) in [5.74, 6) is 0. The van der Waals surface area contributed by atoms with E-state index in [-0.39, 0.29) is 0 Å². The molecule has 3 aliphatic rings. The van der Waals surface area contributed by atoms with E-state index < -0.39 is 0 Å². The van der Waals surface area contributed by atoms with Crippen molar-refractivity contribution in [1.82, 2.24) is 21.3 Å². The van der Waals surface area contributed by atoms with Gasteiger partial charge in [0.15, 0.2) is 10.2 Å². The molecule has 6 nitrogen and oxygen atoms in total. The van der Waals surface area contributed by atoms with Crippen molar-refractivity contribution in [1.29, 1.82) is 0 Å². The SMILES string of the molecule is S=C(NC[C@H]1CCCO1)NC1CCC(NC(=S)NC[C@@H]2CCCO2)CC1. The summed E-state index contributed by atoms with van der Waals surface area (Å²) in [6.07, 6.45) is 9.64. The van der Waals surface area contributed by atoms with E-state index in [0.717, 1.165) is 87.9 Å². The zero-order chi connectivity index (χ0) is 18.2. The molecule has 0 spiro atoms. The average Bonchev–Trinajstić information content (AvgIpc) is 3.34. The zero-order valence-electron chi connectivity index (χ0n) is 15.4. The van der Waals surface area contributed by atoms with E-state index in [1.807, 2.05) is 0 Å². The summed E-state index contributed by atoms with van der Waals surface area (Å²) in [5, 5.41) is 15.0. The van der Waals surface area contributed by atoms with Crippen molar-refractivity contribution in [2.75, 3.05) is 26.3 Å². The molecule has 2 saturated heterocycles. The van der Waals surface area contributed by atoms with Crippen LogP contribution in [0.25, 0.3) is 0 Å². The normalized spacial score (nSPS) is 31.4. The lowest BCUT2D eigenvalue weighted by atomic mass is 9.91. The fourth-order valence-electron chi connectivity index (χ4n) is 3.88. The Hall–Kier alpha value is -0.700. The molecule has 1 aliphatic carbocycles. The van der Waals surface area contributed by atoms with E-state index in [2.05, 4.69) is 21.3 Å². The van der Waals surface area contributed by atoms with Crippen molar-refractivity contribution >= 4 is 34.7 Å². The minimum Gasteiger partial charge on any atom is -0.376 e. The third-order valence-electron chi connectivity index (χ3n) is 5.43. The Morgan fingerprint density at radius 2 is 1.12 bits per heavy atom. The Bertz CT molecular complexity index is 418. The van der Waals surface area contributed by atoms with Crippen LogP contribution >= 0.6 is 24.4 Å². The molecular weight excluding hydrogens is 368 g/mol. The van der Waals surface area contributed by atoms with E-state index in [0.29, 0.717) is 24.3 Å². The summed E-state index contributed by atoms with van der Waals surface area (Å²) in [6.45, 7) is 3.39. The molecule has 2 heterocycles. The highest BCUT2D eigenvalue weighted by atomic mass is 32.1. The molecule has 3 fully saturated rings. The Labute approximate surface area is 167 Å². The molecule has 26 heavy (non-hydrogen) atoms. The molecule has 0 aromatic heterocycles. The molecular formula is C18H32N4O2S2. The van der Waals surface area contributed by atoms with Crippen LogP contribution in [0.4, 0.5) is 0 Å². The number of ether oxygens (including phenoxy) is 2. The molecule has 1 saturated carbocycles. The second-order valence-corrected chi connectivity index (χ2v) is 8.34. The van der Waals surface area contributed by atoms with Crippen LogP contribution in [0.15, 0.2) is 0 Å². The van der Waals surface area contributed by atoms with Crippen molar-refractivity contribution in [2.45, 2.75) is 75.7 Å². The summed E-state index contributed by atoms with van der Waals surface area (Å²) in [6, 6.07) is 0.900. The lowest BCUT2D eigenvalue weighted by Crippen LogP contribution is -2.49. The number of nitrogens with one attached hydrogen (secondary N) is 4. The topological polar surface area (TPSA) is 66.6 Å². The first-order valence-corrected chi connectivity index (χ1v) is 10.8. The highest BCUT2D eigenvalue weighted by molar-refractivity contribution is 7.80. The first kappa shape index (κ1) is 20.0. The molecule has 3 rings (SSSR count). The zero-order valence-corrected chi connectivity index (χ0v) is 17.1. The number of hydrogen-bond acceptors (Lipinski definition) is 4. The lowest BCUT2D eigenvalue weighted by molar-refractivity contribution is 0.113. The van der Waals surface area contributed by atoms with E-state index in [9.17, 15) is 0 Å². The first-order valence-electron chi connectivity index (χ1n) is 10.0. The first-order chi connectivity index (χ1) is 12.7. The van der Waals surface area contributed by atoms with Crippen LogP contribution in [0.2, 0.25) is 0 Å². The van der Waals surface area contributed by atoms with Crippen molar-refractivity contribution in [3.8, 4) is 0 Å². The minimum atomic E-state index is 0.317. The van der Waals surface area contributed by atoms with Crippen LogP contribution in [0, 0.1) is 0 Å². The summed E-state index contributed by atoms with van der Waals surface area (Å²) in [7, 11) is 0. The van der Waals surface area contributed by atoms with Crippen molar-refractivity contribution in [3.63, 3.8) is 0 Å². The molecule has 2 atom stereocenters. The quantitative estimate of drug-likeness (QED) is 0.501. The second-order valence-electron chi connectivity index (χ2n) is 7.53. The molecule has 2 aliphatic heterocycles. The average molecular weight is 401 g/mol. The predicted molar refractivity (Wildman–Crippen MR) is 111 cm³/mol. The lowest BCUT2D eigenvalue weighted by Gasteiger charge is -2.31. The van der Waals surface area contributed by atoms with E-state index in [4.69, 9.17) is 33.9 Å². The van der Waals surface area contributed by atoms with Crippen LogP contribution in [-0.2, 0) is 9.47 Å². The Balaban J connectivity index is 1.24. The third kappa shape index (κ3) is 6.79. The van der Waals surface area contributed by atoms with Crippen molar-refractivity contribution in [3.05, 3.63) is 0 Å². The molecule has 0 aromatic carbocycles. The molecule has 0 unspecified atom stereocenters. The maximum absolute atomic E-state index is 5.61. The molecule has 8 heteroatoms. The molecule has 4 N–H and O–H groups in total. The highest BCUT2D eigenvalue weighted by Crippen LogP contribution is 2.19. The minimum absolute atomic E-state index is 0.317. The highest BCUT2D eigenvalue weighted by Gasteiger charge is 2.23. The van der Waals surface area contributed by atoms with Gasteiger partial charge in [-0.05, 0) is 75.8 Å². The van der Waals surface area contributed by atoms with Gasteiger partial charge in [-0.3, -0.25) is 0 Å². The van der Waals surface area contributed by atoms with Gasteiger partial charge in [-0.1, -0.05) is 0 Å². The van der Waals surface area contributed by atoms with Crippen LogP contribution in [-0.4, -0.2) is 60.8 Å². The van der Waals surface area contributed by atoms with Gasteiger partial charge in [0.25, 0.3) is 0 Å². The molecule has 0 radical (unpaired) electrons. The van der Waals surface area contributed by atoms with E-state index in [1.54, 1.807) is 0 Å². The Kier molecular flexibility index (Phi) is 8.16. The summed E-state index contributed by atoms with van der Waals surface area (Å²) in [5.41, 5.74) is 0. The molecule has 0 aromatic rings. The van der Waals surface area contributed by atoms with Crippen molar-refractivity contribution < 1.29 is 9.47 Å². The van der Waals surface area contributed by atoms with Gasteiger partial charge in [-0.2, -0.15) is 0 Å². The van der Waals surface area contributed by atoms with Crippen LogP contribution in [0.5, 0.6) is 0 Å². The Morgan fingerprint density at radius 1 is 0.692 bits per heavy atom. The third-order valence-corrected chi connectivity index (χ3v) is 5.95. The van der Waals surface area contributed by atoms with Crippen LogP contribution in [0.3, 0.4) is 0 Å². The molecule has 0 bridgehead atoms. The van der Waals surface area contributed by atoms with Gasteiger partial charge >= 0.3 is 0 Å². The van der Waals surface area contributed by atoms with Gasteiger partial charge in [0.1, 0.15) is 0 Å². The predicted octanol–water partition coefficient (Wildman–Crippen LogP) is 1.58. The maximum Gasteiger partial charge on any atom is 0.166 e. The molecule has 148 valence electrons. The fraction of sp³-hybridized carbons (Fsp3) is 0.889. The van der Waals surface area contributed by atoms with Gasteiger partial charge in [0.2, 0.25) is 0 Å². The summed E-state index contributed by atoms with van der Waals surface area (Å²) in [4.78, 5) is 0. The van der Waals surface area contributed by atoms with E-state index >= 15 is 0 Å². The molecule has 0 amide bonds. The van der Waals surface area contributed by atoms with Gasteiger partial charge in [-0.25, -0.2) is 0 Å². The largest absolute Gasteiger partial charge is 0.376 e. The maximum atomic E-state index is 5.61. The van der Waals surface area contributed by atoms with Gasteiger partial charge in [-0.15, -0.1) is 0 Å². The van der Waals surface area contributed by atoms with Gasteiger partial charge < -0.3 is 30.7 Å². The van der Waals surface area contributed by atoms with Crippen LogP contribution in [0.1, 0.15) is 51.4 Å². The second kappa shape index (κ2) is 10.6. The number of hydrogen-bond donors (Lipinski definition) is 4. The smallest absolute Gasteiger partial charge is 0.166 e. The Morgan fingerprint density at radius 3 is 1.46 bits per heavy atom. The van der Waals surface area contributed by atoms with E-state index in [1.165, 1.54) is 0 Å². The monoisotopic (exact) mass is 400 g/mol. The van der Waals surface area contributed by atoms with Gasteiger partial charge in [0, 0.05) is 38.4 Å². The summed E-state index contributed by atoms with van der Waals surface area (Å²) < 4.78 is 11.2. The number of rotatable bonds is 6. The number of thiocarbonyl (C=S) groups is 2. The van der Waals surface area contributed by atoms with Crippen LogP contribution < -0.4 is 21.3 Å². The summed E-state index contributed by atoms with van der Waals surface area (Å²) >= 11 is 10.8. The van der Waals surface area contributed by atoms with Crippen molar-refractivity contribution in [2.24, 2.45) is 0 Å². The standard InChI is InChI=1S/C18H32N4O2S2/c25-17(19-11-15-3-1-9-23-15)21-13-5-7-14(8-6-13)22-18(26)20-12-16-4-2-10-24-16/h13-16H,1-12H2,(H2,19,21,25)(H2,20,22,26)/t13?,14?,15-,16+.